The van der Waals surface area contributed by atoms with E-state index in [2.05, 4.69) is 40.3 Å². The number of nitrogens with one attached hydrogen (secondary N) is 1. The largest absolute Gasteiger partial charge is 0.463 e. The van der Waals surface area contributed by atoms with Gasteiger partial charge in [0.2, 0.25) is 5.76 Å². The molecule has 3 aromatic rings. The first-order valence-electron chi connectivity index (χ1n) is 8.69. The number of piperidine rings is 1. The molecule has 0 spiro atoms. The number of ether oxygens (including phenoxy) is 1. The molecule has 1 saturated heterocycles. The van der Waals surface area contributed by atoms with Crippen LogP contribution < -0.4 is 0 Å². The van der Waals surface area contributed by atoms with Gasteiger partial charge in [-0.1, -0.05) is 18.2 Å². The summed E-state index contributed by atoms with van der Waals surface area (Å²) in [5.41, 5.74) is 3.53. The second kappa shape index (κ2) is 6.76. The molecule has 0 bridgehead atoms. The third-order valence-corrected chi connectivity index (χ3v) is 5.16. The van der Waals surface area contributed by atoms with Crippen LogP contribution in [0, 0.1) is 0 Å². The van der Waals surface area contributed by atoms with Crippen molar-refractivity contribution in [3.63, 3.8) is 0 Å². The fourth-order valence-corrected chi connectivity index (χ4v) is 3.81. The van der Waals surface area contributed by atoms with Gasteiger partial charge < -0.3 is 14.1 Å². The Hall–Kier alpha value is -2.53. The summed E-state index contributed by atoms with van der Waals surface area (Å²) in [4.78, 5) is 17.5. The van der Waals surface area contributed by atoms with Gasteiger partial charge in [-0.2, -0.15) is 0 Å². The predicted octanol–water partition coefficient (Wildman–Crippen LogP) is 3.93. The first kappa shape index (κ1) is 16.0. The Balaban J connectivity index is 1.42. The first-order valence-corrected chi connectivity index (χ1v) is 8.69. The molecule has 130 valence electrons. The van der Waals surface area contributed by atoms with Gasteiger partial charge in [0.15, 0.2) is 0 Å². The Kier molecular flexibility index (Phi) is 4.32. The van der Waals surface area contributed by atoms with Crippen molar-refractivity contribution < 1.29 is 13.9 Å². The van der Waals surface area contributed by atoms with Crippen molar-refractivity contribution in [2.45, 2.75) is 25.3 Å². The molecule has 0 amide bonds. The minimum Gasteiger partial charge on any atom is -0.463 e. The molecule has 0 saturated carbocycles. The van der Waals surface area contributed by atoms with Gasteiger partial charge in [0.05, 0.1) is 13.4 Å². The van der Waals surface area contributed by atoms with Crippen LogP contribution in [-0.2, 0) is 11.3 Å². The van der Waals surface area contributed by atoms with Crippen molar-refractivity contribution >= 4 is 16.9 Å². The number of hydrogen-bond donors (Lipinski definition) is 1. The molecular weight excluding hydrogens is 316 g/mol. The average Bonchev–Trinajstić information content (AvgIpc) is 3.29. The lowest BCUT2D eigenvalue weighted by molar-refractivity contribution is 0.0561. The molecule has 0 aliphatic carbocycles. The Morgan fingerprint density at radius 2 is 2.08 bits per heavy atom. The second-order valence-corrected chi connectivity index (χ2v) is 6.61. The smallest absolute Gasteiger partial charge is 0.374 e. The van der Waals surface area contributed by atoms with Crippen LogP contribution in [0.4, 0.5) is 0 Å². The van der Waals surface area contributed by atoms with Crippen molar-refractivity contribution in [2.75, 3.05) is 20.2 Å². The maximum Gasteiger partial charge on any atom is 0.374 e. The molecule has 1 aliphatic heterocycles. The highest BCUT2D eigenvalue weighted by atomic mass is 16.5. The number of hydrogen-bond acceptors (Lipinski definition) is 4. The highest BCUT2D eigenvalue weighted by molar-refractivity contribution is 5.87. The fourth-order valence-electron chi connectivity index (χ4n) is 3.81. The van der Waals surface area contributed by atoms with Crippen LogP contribution in [0.15, 0.2) is 47.2 Å². The number of carbonyl (C=O) groups is 1. The van der Waals surface area contributed by atoms with Gasteiger partial charge in [0.25, 0.3) is 0 Å². The van der Waals surface area contributed by atoms with Crippen LogP contribution in [-0.4, -0.2) is 36.1 Å². The van der Waals surface area contributed by atoms with Crippen molar-refractivity contribution in [1.82, 2.24) is 9.88 Å². The summed E-state index contributed by atoms with van der Waals surface area (Å²) < 4.78 is 10.1. The number of aromatic nitrogens is 1. The van der Waals surface area contributed by atoms with Crippen molar-refractivity contribution in [1.29, 1.82) is 0 Å². The number of para-hydroxylation sites is 1. The number of nitrogens with zero attached hydrogens (tertiary/aromatic N) is 1. The number of carbonyl (C=O) groups excluding carboxylic acids is 1. The van der Waals surface area contributed by atoms with E-state index in [1.807, 2.05) is 6.07 Å². The lowest BCUT2D eigenvalue weighted by atomic mass is 9.89. The number of H-pyrrole nitrogens is 1. The second-order valence-electron chi connectivity index (χ2n) is 6.61. The van der Waals surface area contributed by atoms with Crippen LogP contribution in [0.3, 0.4) is 0 Å². The number of aromatic amines is 1. The van der Waals surface area contributed by atoms with Crippen molar-refractivity contribution in [3.8, 4) is 0 Å². The molecule has 4 rings (SSSR count). The summed E-state index contributed by atoms with van der Waals surface area (Å²) in [5.74, 6) is 0.492. The number of likely N-dealkylation sites (tertiary alicyclic amines) is 1. The molecule has 0 atom stereocenters. The van der Waals surface area contributed by atoms with Crippen LogP contribution in [0.25, 0.3) is 10.9 Å². The van der Waals surface area contributed by atoms with E-state index in [4.69, 9.17) is 9.15 Å². The maximum atomic E-state index is 11.7. The van der Waals surface area contributed by atoms with E-state index >= 15 is 0 Å². The number of esters is 1. The van der Waals surface area contributed by atoms with Gasteiger partial charge >= 0.3 is 5.97 Å². The van der Waals surface area contributed by atoms with Crippen LogP contribution in [0.5, 0.6) is 0 Å². The summed E-state index contributed by atoms with van der Waals surface area (Å²) in [6, 6.07) is 10.3. The number of rotatable bonds is 4. The Morgan fingerprint density at radius 3 is 2.88 bits per heavy atom. The number of methoxy groups -OCH3 is 1. The Bertz CT molecular complexity index is 872. The van der Waals surface area contributed by atoms with Gasteiger partial charge in [0.1, 0.15) is 0 Å². The van der Waals surface area contributed by atoms with Gasteiger partial charge in [-0.15, -0.1) is 0 Å². The van der Waals surface area contributed by atoms with Gasteiger partial charge in [-0.3, -0.25) is 4.90 Å². The molecule has 0 radical (unpaired) electrons. The van der Waals surface area contributed by atoms with Gasteiger partial charge in [-0.25, -0.2) is 4.79 Å². The lowest BCUT2D eigenvalue weighted by Gasteiger charge is -2.31. The van der Waals surface area contributed by atoms with E-state index in [9.17, 15) is 4.79 Å². The molecular formula is C20H22N2O3. The molecule has 5 nitrogen and oxygen atoms in total. The SMILES string of the molecule is COC(=O)c1occc1CN1CCC(c2c[nH]c3ccccc23)CC1. The highest BCUT2D eigenvalue weighted by Gasteiger charge is 2.24. The molecule has 1 fully saturated rings. The zero-order valence-electron chi connectivity index (χ0n) is 14.3. The van der Waals surface area contributed by atoms with E-state index in [1.165, 1.54) is 23.6 Å². The third kappa shape index (κ3) is 3.07. The Morgan fingerprint density at radius 1 is 1.28 bits per heavy atom. The standard InChI is InChI=1S/C20H22N2O3/c1-24-20(23)19-15(8-11-25-19)13-22-9-6-14(7-10-22)17-12-21-18-5-3-2-4-16(17)18/h2-5,8,11-12,14,21H,6-7,9-10,13H2,1H3. The van der Waals surface area contributed by atoms with Gasteiger partial charge in [-0.05, 0) is 49.5 Å². The summed E-state index contributed by atoms with van der Waals surface area (Å²) in [6.45, 7) is 2.74. The van der Waals surface area contributed by atoms with E-state index in [0.29, 0.717) is 11.7 Å². The molecule has 1 aromatic carbocycles. The van der Waals surface area contributed by atoms with E-state index < -0.39 is 5.97 Å². The topological polar surface area (TPSA) is 58.5 Å². The molecule has 0 unspecified atom stereocenters. The minimum atomic E-state index is -0.409. The Labute approximate surface area is 146 Å². The van der Waals surface area contributed by atoms with Crippen LogP contribution >= 0.6 is 0 Å². The monoisotopic (exact) mass is 338 g/mol. The third-order valence-electron chi connectivity index (χ3n) is 5.16. The number of benzene rings is 1. The van der Waals surface area contributed by atoms with Crippen molar-refractivity contribution in [3.05, 3.63) is 59.7 Å². The van der Waals surface area contributed by atoms with E-state index in [1.54, 1.807) is 6.26 Å². The van der Waals surface area contributed by atoms with E-state index in [0.717, 1.165) is 38.0 Å². The number of fused-ring (bicyclic) bond motifs is 1. The molecule has 3 heterocycles. The predicted molar refractivity (Wildman–Crippen MR) is 95.6 cm³/mol. The minimum absolute atomic E-state index is 0.321. The summed E-state index contributed by atoms with van der Waals surface area (Å²) >= 11 is 0. The molecule has 5 heteroatoms. The van der Waals surface area contributed by atoms with Gasteiger partial charge in [0, 0.05) is 29.2 Å². The van der Waals surface area contributed by atoms with Crippen molar-refractivity contribution in [2.24, 2.45) is 0 Å². The zero-order valence-corrected chi connectivity index (χ0v) is 14.3. The quantitative estimate of drug-likeness (QED) is 0.732. The number of furan rings is 1. The highest BCUT2D eigenvalue weighted by Crippen LogP contribution is 2.33. The zero-order chi connectivity index (χ0) is 17.2. The summed E-state index contributed by atoms with van der Waals surface area (Å²) in [5, 5.41) is 1.34. The first-order chi connectivity index (χ1) is 12.3. The van der Waals surface area contributed by atoms with Crippen LogP contribution in [0.2, 0.25) is 0 Å². The summed E-state index contributed by atoms with van der Waals surface area (Å²) in [6.07, 6.45) is 5.96. The molecule has 25 heavy (non-hydrogen) atoms. The fraction of sp³-hybridized carbons (Fsp3) is 0.350. The average molecular weight is 338 g/mol. The molecule has 1 N–H and O–H groups in total. The molecule has 2 aromatic heterocycles. The van der Waals surface area contributed by atoms with E-state index in [-0.39, 0.29) is 0 Å². The lowest BCUT2D eigenvalue weighted by Crippen LogP contribution is -2.32. The van der Waals surface area contributed by atoms with Crippen LogP contribution in [0.1, 0.15) is 40.4 Å². The maximum absolute atomic E-state index is 11.7. The normalized spacial score (nSPS) is 16.4. The molecule has 1 aliphatic rings. The summed E-state index contributed by atoms with van der Waals surface area (Å²) in [7, 11) is 1.38.